The molecule has 0 bridgehead atoms. The topological polar surface area (TPSA) is 105 Å². The first-order valence-corrected chi connectivity index (χ1v) is 12.0. The van der Waals surface area contributed by atoms with Crippen molar-refractivity contribution in [2.75, 3.05) is 19.7 Å². The quantitative estimate of drug-likeness (QED) is 0.398. The lowest BCUT2D eigenvalue weighted by Gasteiger charge is -2.16. The lowest BCUT2D eigenvalue weighted by atomic mass is 9.96. The molecule has 2 aromatic carbocycles. The van der Waals surface area contributed by atoms with Gasteiger partial charge >= 0.3 is 12.1 Å². The van der Waals surface area contributed by atoms with Crippen LogP contribution in [0, 0.1) is 11.8 Å². The Morgan fingerprint density at radius 3 is 2.12 bits per heavy atom. The van der Waals surface area contributed by atoms with Gasteiger partial charge in [0, 0.05) is 25.4 Å². The predicted octanol–water partition coefficient (Wildman–Crippen LogP) is 4.56. The fourth-order valence-electron chi connectivity index (χ4n) is 4.35. The van der Waals surface area contributed by atoms with E-state index in [4.69, 9.17) is 9.84 Å². The van der Waals surface area contributed by atoms with Gasteiger partial charge in [0.05, 0.1) is 5.92 Å². The van der Waals surface area contributed by atoms with Crippen molar-refractivity contribution in [2.45, 2.75) is 45.4 Å². The van der Waals surface area contributed by atoms with Gasteiger partial charge in [0.2, 0.25) is 5.91 Å². The summed E-state index contributed by atoms with van der Waals surface area (Å²) in [7, 11) is 0. The van der Waals surface area contributed by atoms with E-state index in [-0.39, 0.29) is 30.9 Å². The molecule has 1 aliphatic rings. The summed E-state index contributed by atoms with van der Waals surface area (Å²) < 4.78 is 5.52. The molecule has 182 valence electrons. The number of fused-ring (bicyclic) bond motifs is 3. The molecule has 0 aliphatic heterocycles. The van der Waals surface area contributed by atoms with Crippen molar-refractivity contribution in [3.05, 3.63) is 59.7 Å². The Kier molecular flexibility index (Phi) is 9.08. The number of amides is 2. The largest absolute Gasteiger partial charge is 0.481 e. The third-order valence-corrected chi connectivity index (χ3v) is 6.33. The Balaban J connectivity index is 1.31. The van der Waals surface area contributed by atoms with E-state index in [2.05, 4.69) is 34.9 Å². The second-order valence-electron chi connectivity index (χ2n) is 9.06. The van der Waals surface area contributed by atoms with Crippen LogP contribution < -0.4 is 10.6 Å². The fourth-order valence-corrected chi connectivity index (χ4v) is 4.35. The van der Waals surface area contributed by atoms with Gasteiger partial charge in [0.1, 0.15) is 6.61 Å². The Morgan fingerprint density at radius 2 is 1.53 bits per heavy atom. The predicted molar refractivity (Wildman–Crippen MR) is 131 cm³/mol. The normalized spacial score (nSPS) is 13.1. The molecule has 34 heavy (non-hydrogen) atoms. The second kappa shape index (κ2) is 12.2. The molecule has 0 radical (unpaired) electrons. The summed E-state index contributed by atoms with van der Waals surface area (Å²) in [6.45, 7) is 4.57. The maximum Gasteiger partial charge on any atom is 0.407 e. The van der Waals surface area contributed by atoms with E-state index >= 15 is 0 Å². The Labute approximate surface area is 200 Å². The van der Waals surface area contributed by atoms with Crippen molar-refractivity contribution in [1.29, 1.82) is 0 Å². The second-order valence-corrected chi connectivity index (χ2v) is 9.06. The van der Waals surface area contributed by atoms with E-state index in [0.29, 0.717) is 19.4 Å². The van der Waals surface area contributed by atoms with E-state index in [1.54, 1.807) is 0 Å². The van der Waals surface area contributed by atoms with Crippen LogP contribution in [0.4, 0.5) is 4.79 Å². The van der Waals surface area contributed by atoms with Crippen LogP contribution in [0.2, 0.25) is 0 Å². The van der Waals surface area contributed by atoms with Crippen LogP contribution in [0.1, 0.15) is 56.6 Å². The first-order chi connectivity index (χ1) is 16.4. The number of rotatable bonds is 12. The lowest BCUT2D eigenvalue weighted by Crippen LogP contribution is -2.35. The Morgan fingerprint density at radius 1 is 0.912 bits per heavy atom. The number of ether oxygens (including phenoxy) is 1. The zero-order chi connectivity index (χ0) is 24.5. The first-order valence-electron chi connectivity index (χ1n) is 12.0. The average Bonchev–Trinajstić information content (AvgIpc) is 3.13. The smallest absolute Gasteiger partial charge is 0.407 e. The van der Waals surface area contributed by atoms with Crippen LogP contribution in [-0.4, -0.2) is 42.8 Å². The van der Waals surface area contributed by atoms with Crippen molar-refractivity contribution < 1.29 is 24.2 Å². The van der Waals surface area contributed by atoms with Gasteiger partial charge in [-0.05, 0) is 41.0 Å². The van der Waals surface area contributed by atoms with E-state index in [1.165, 1.54) is 22.3 Å². The van der Waals surface area contributed by atoms with Crippen molar-refractivity contribution in [3.63, 3.8) is 0 Å². The molecule has 1 atom stereocenters. The number of hydrogen-bond acceptors (Lipinski definition) is 4. The van der Waals surface area contributed by atoms with E-state index in [1.807, 2.05) is 38.1 Å². The van der Waals surface area contributed by atoms with Gasteiger partial charge in [-0.3, -0.25) is 9.59 Å². The zero-order valence-corrected chi connectivity index (χ0v) is 19.9. The van der Waals surface area contributed by atoms with Gasteiger partial charge in [0.15, 0.2) is 0 Å². The summed E-state index contributed by atoms with van der Waals surface area (Å²) in [5, 5.41) is 14.6. The van der Waals surface area contributed by atoms with Gasteiger partial charge in [0.25, 0.3) is 0 Å². The van der Waals surface area contributed by atoms with Crippen LogP contribution in [0.3, 0.4) is 0 Å². The number of unbranched alkanes of at least 4 members (excludes halogenated alkanes) is 2. The fraction of sp³-hybridized carbons (Fsp3) is 0.444. The molecule has 0 saturated heterocycles. The van der Waals surface area contributed by atoms with Gasteiger partial charge < -0.3 is 20.5 Å². The number of carboxylic acids is 1. The van der Waals surface area contributed by atoms with Gasteiger partial charge in [-0.2, -0.15) is 0 Å². The van der Waals surface area contributed by atoms with Gasteiger partial charge in [-0.15, -0.1) is 0 Å². The highest BCUT2D eigenvalue weighted by Crippen LogP contribution is 2.44. The third-order valence-electron chi connectivity index (χ3n) is 6.33. The molecule has 1 unspecified atom stereocenters. The standard InChI is InChI=1S/C27H34N2O5/c1-18(2)23(26(31)32)16-29-25(30)14-4-3-9-15-28-27(33)34-17-24-21-12-7-5-10-19(21)20-11-6-8-13-22(20)24/h5-8,10-13,18,23-24H,3-4,9,14-17H2,1-2H3,(H,28,33)(H,29,30)(H,31,32). The SMILES string of the molecule is CC(C)C(CNC(=O)CCCCCNC(=O)OCC1c2ccccc2-c2ccccc21)C(=O)O. The molecular weight excluding hydrogens is 432 g/mol. The van der Waals surface area contributed by atoms with Crippen molar-refractivity contribution in [1.82, 2.24) is 10.6 Å². The van der Waals surface area contributed by atoms with Crippen molar-refractivity contribution in [3.8, 4) is 11.1 Å². The average molecular weight is 467 g/mol. The molecule has 2 aromatic rings. The molecule has 0 spiro atoms. The molecule has 7 nitrogen and oxygen atoms in total. The third kappa shape index (κ3) is 6.59. The van der Waals surface area contributed by atoms with E-state index in [0.717, 1.165) is 12.8 Å². The maximum atomic E-state index is 12.2. The zero-order valence-electron chi connectivity index (χ0n) is 19.9. The molecule has 0 saturated carbocycles. The Bertz CT molecular complexity index is 959. The number of hydrogen-bond donors (Lipinski definition) is 3. The van der Waals surface area contributed by atoms with Crippen molar-refractivity contribution >= 4 is 18.0 Å². The van der Waals surface area contributed by atoms with E-state index in [9.17, 15) is 14.4 Å². The minimum atomic E-state index is -0.894. The highest BCUT2D eigenvalue weighted by Gasteiger charge is 2.29. The summed E-state index contributed by atoms with van der Waals surface area (Å²) >= 11 is 0. The summed E-state index contributed by atoms with van der Waals surface area (Å²) in [5.41, 5.74) is 4.74. The van der Waals surface area contributed by atoms with Crippen LogP contribution in [0.5, 0.6) is 0 Å². The molecule has 7 heteroatoms. The van der Waals surface area contributed by atoms with Crippen LogP contribution in [0.15, 0.2) is 48.5 Å². The van der Waals surface area contributed by atoms with Crippen LogP contribution >= 0.6 is 0 Å². The van der Waals surface area contributed by atoms with Gasteiger partial charge in [-0.1, -0.05) is 68.8 Å². The lowest BCUT2D eigenvalue weighted by molar-refractivity contribution is -0.143. The minimum Gasteiger partial charge on any atom is -0.481 e. The number of benzene rings is 2. The highest BCUT2D eigenvalue weighted by molar-refractivity contribution is 5.79. The number of carbonyl (C=O) groups is 3. The first kappa shape index (κ1) is 25.3. The number of nitrogens with one attached hydrogen (secondary N) is 2. The summed E-state index contributed by atoms with van der Waals surface area (Å²) in [4.78, 5) is 35.3. The van der Waals surface area contributed by atoms with Gasteiger partial charge in [-0.25, -0.2) is 4.79 Å². The van der Waals surface area contributed by atoms with E-state index < -0.39 is 18.0 Å². The summed E-state index contributed by atoms with van der Waals surface area (Å²) in [6, 6.07) is 16.4. The molecule has 0 heterocycles. The highest BCUT2D eigenvalue weighted by atomic mass is 16.5. The molecule has 2 amide bonds. The minimum absolute atomic E-state index is 0.0353. The van der Waals surface area contributed by atoms with Crippen LogP contribution in [0.25, 0.3) is 11.1 Å². The summed E-state index contributed by atoms with van der Waals surface area (Å²) in [6.07, 6.45) is 2.10. The number of carboxylic acid groups (broad SMARTS) is 1. The van der Waals surface area contributed by atoms with Crippen molar-refractivity contribution in [2.24, 2.45) is 11.8 Å². The monoisotopic (exact) mass is 466 g/mol. The molecule has 0 aromatic heterocycles. The molecule has 0 fully saturated rings. The molecular formula is C27H34N2O5. The number of aliphatic carboxylic acids is 1. The molecule has 1 aliphatic carbocycles. The maximum absolute atomic E-state index is 12.2. The Hall–Kier alpha value is -3.35. The van der Waals surface area contributed by atoms with Crippen LogP contribution in [-0.2, 0) is 14.3 Å². The molecule has 3 N–H and O–H groups in total. The number of alkyl carbamates (subject to hydrolysis) is 1. The number of carbonyl (C=O) groups excluding carboxylic acids is 2. The summed E-state index contributed by atoms with van der Waals surface area (Å²) in [5.74, 6) is -1.62. The molecule has 3 rings (SSSR count).